The number of rotatable bonds is 9. The molecule has 1 atom stereocenters. The smallest absolute Gasteiger partial charge is 0.261 e. The highest BCUT2D eigenvalue weighted by Gasteiger charge is 2.19. The van der Waals surface area contributed by atoms with Crippen LogP contribution in [-0.4, -0.2) is 18.6 Å². The monoisotopic (exact) mass is 373 g/mol. The van der Waals surface area contributed by atoms with E-state index >= 15 is 0 Å². The van der Waals surface area contributed by atoms with Crippen LogP contribution in [0.5, 0.6) is 5.75 Å². The Morgan fingerprint density at radius 3 is 1.82 bits per heavy atom. The molecule has 3 heteroatoms. The molecule has 1 amide bonds. The maximum atomic E-state index is 12.6. The Labute approximate surface area is 167 Å². The van der Waals surface area contributed by atoms with Gasteiger partial charge in [-0.05, 0) is 36.1 Å². The van der Waals surface area contributed by atoms with Crippen LogP contribution in [0.1, 0.15) is 36.8 Å². The van der Waals surface area contributed by atoms with Crippen molar-refractivity contribution >= 4 is 5.91 Å². The summed E-state index contributed by atoms with van der Waals surface area (Å²) in [7, 11) is 0. The van der Waals surface area contributed by atoms with Gasteiger partial charge in [0.05, 0.1) is 0 Å². The van der Waals surface area contributed by atoms with Crippen LogP contribution < -0.4 is 10.1 Å². The minimum absolute atomic E-state index is 0.0637. The lowest BCUT2D eigenvalue weighted by Gasteiger charge is -2.20. The summed E-state index contributed by atoms with van der Waals surface area (Å²) in [6, 6.07) is 30.4. The van der Waals surface area contributed by atoms with Crippen molar-refractivity contribution in [3.63, 3.8) is 0 Å². The molecule has 0 bridgehead atoms. The maximum absolute atomic E-state index is 12.6. The molecule has 0 spiro atoms. The number of hydrogen-bond donors (Lipinski definition) is 1. The van der Waals surface area contributed by atoms with E-state index in [0.29, 0.717) is 13.0 Å². The molecular weight excluding hydrogens is 346 g/mol. The summed E-state index contributed by atoms with van der Waals surface area (Å²) in [5, 5.41) is 3.06. The van der Waals surface area contributed by atoms with Crippen LogP contribution in [0, 0.1) is 0 Å². The summed E-state index contributed by atoms with van der Waals surface area (Å²) in [5.74, 6) is 0.903. The van der Waals surface area contributed by atoms with E-state index in [2.05, 4.69) is 53.8 Å². The van der Waals surface area contributed by atoms with Gasteiger partial charge in [0.25, 0.3) is 5.91 Å². The van der Waals surface area contributed by atoms with Crippen molar-refractivity contribution in [2.75, 3.05) is 6.54 Å². The number of carbonyl (C=O) groups excluding carboxylic acids is 1. The molecule has 0 fully saturated rings. The molecule has 3 aromatic carbocycles. The molecule has 0 aromatic heterocycles. The second-order valence-corrected chi connectivity index (χ2v) is 6.78. The quantitative estimate of drug-likeness (QED) is 0.561. The number of para-hydroxylation sites is 1. The normalized spacial score (nSPS) is 11.8. The van der Waals surface area contributed by atoms with Crippen LogP contribution in [-0.2, 0) is 4.79 Å². The molecular formula is C25H27NO2. The Morgan fingerprint density at radius 1 is 0.821 bits per heavy atom. The van der Waals surface area contributed by atoms with Crippen molar-refractivity contribution in [3.05, 3.63) is 102 Å². The number of amides is 1. The Bertz CT molecular complexity index is 795. The van der Waals surface area contributed by atoms with Crippen molar-refractivity contribution in [2.45, 2.75) is 31.8 Å². The predicted octanol–water partition coefficient (Wildman–Crippen LogP) is 5.18. The van der Waals surface area contributed by atoms with E-state index in [0.717, 1.165) is 12.2 Å². The van der Waals surface area contributed by atoms with Gasteiger partial charge in [-0.15, -0.1) is 0 Å². The molecule has 144 valence electrons. The summed E-state index contributed by atoms with van der Waals surface area (Å²) in [6.07, 6.45) is 0.984. The molecule has 0 aliphatic rings. The minimum atomic E-state index is -0.477. The number of benzene rings is 3. The zero-order valence-corrected chi connectivity index (χ0v) is 16.3. The third-order valence-electron chi connectivity index (χ3n) is 4.82. The molecule has 3 aromatic rings. The Kier molecular flexibility index (Phi) is 7.25. The number of hydrogen-bond acceptors (Lipinski definition) is 2. The first-order valence-electron chi connectivity index (χ1n) is 9.87. The first kappa shape index (κ1) is 19.7. The van der Waals surface area contributed by atoms with Crippen LogP contribution in [0.25, 0.3) is 0 Å². The standard InChI is InChI=1S/C25H27NO2/c1-2-24(28-22-16-10-5-11-17-22)25(27)26-19-18-23(20-12-6-3-7-13-20)21-14-8-4-9-15-21/h3-17,23-24H,2,18-19H2,1H3,(H,26,27)/t24-/m0/s1. The second kappa shape index (κ2) is 10.3. The van der Waals surface area contributed by atoms with Crippen LogP contribution in [0.4, 0.5) is 0 Å². The van der Waals surface area contributed by atoms with Crippen LogP contribution in [0.15, 0.2) is 91.0 Å². The third-order valence-corrected chi connectivity index (χ3v) is 4.82. The lowest BCUT2D eigenvalue weighted by atomic mass is 9.88. The number of ether oxygens (including phenoxy) is 1. The van der Waals surface area contributed by atoms with Gasteiger partial charge in [0.15, 0.2) is 6.10 Å². The van der Waals surface area contributed by atoms with Gasteiger partial charge in [0, 0.05) is 12.5 Å². The van der Waals surface area contributed by atoms with Crippen molar-refractivity contribution in [1.82, 2.24) is 5.32 Å². The highest BCUT2D eigenvalue weighted by atomic mass is 16.5. The molecule has 1 N–H and O–H groups in total. The van der Waals surface area contributed by atoms with E-state index in [1.807, 2.05) is 49.4 Å². The fraction of sp³-hybridized carbons (Fsp3) is 0.240. The van der Waals surface area contributed by atoms with Gasteiger partial charge < -0.3 is 10.1 Å². The average molecular weight is 373 g/mol. The third kappa shape index (κ3) is 5.46. The molecule has 0 aliphatic carbocycles. The molecule has 0 unspecified atom stereocenters. The highest BCUT2D eigenvalue weighted by Crippen LogP contribution is 2.27. The summed E-state index contributed by atoms with van der Waals surface area (Å²) in [5.41, 5.74) is 2.52. The van der Waals surface area contributed by atoms with E-state index in [4.69, 9.17) is 4.74 Å². The largest absolute Gasteiger partial charge is 0.481 e. The fourth-order valence-corrected chi connectivity index (χ4v) is 3.34. The van der Waals surface area contributed by atoms with Gasteiger partial charge in [0.1, 0.15) is 5.75 Å². The lowest BCUT2D eigenvalue weighted by molar-refractivity contribution is -0.128. The van der Waals surface area contributed by atoms with Gasteiger partial charge in [0.2, 0.25) is 0 Å². The molecule has 3 nitrogen and oxygen atoms in total. The highest BCUT2D eigenvalue weighted by molar-refractivity contribution is 5.81. The van der Waals surface area contributed by atoms with Crippen LogP contribution >= 0.6 is 0 Å². The summed E-state index contributed by atoms with van der Waals surface area (Å²) in [4.78, 5) is 12.6. The van der Waals surface area contributed by atoms with Crippen molar-refractivity contribution in [2.24, 2.45) is 0 Å². The molecule has 0 aliphatic heterocycles. The molecule has 0 heterocycles. The van der Waals surface area contributed by atoms with Crippen molar-refractivity contribution < 1.29 is 9.53 Å². The van der Waals surface area contributed by atoms with Crippen LogP contribution in [0.2, 0.25) is 0 Å². The lowest BCUT2D eigenvalue weighted by Crippen LogP contribution is -2.38. The number of carbonyl (C=O) groups is 1. The second-order valence-electron chi connectivity index (χ2n) is 6.78. The summed E-state index contributed by atoms with van der Waals surface area (Å²) in [6.45, 7) is 2.56. The van der Waals surface area contributed by atoms with Gasteiger partial charge >= 0.3 is 0 Å². The van der Waals surface area contributed by atoms with Crippen molar-refractivity contribution in [3.8, 4) is 5.75 Å². The Balaban J connectivity index is 1.61. The van der Waals surface area contributed by atoms with E-state index in [-0.39, 0.29) is 11.8 Å². The van der Waals surface area contributed by atoms with Crippen molar-refractivity contribution in [1.29, 1.82) is 0 Å². The average Bonchev–Trinajstić information content (AvgIpc) is 2.77. The molecule has 0 saturated carbocycles. The fourth-order valence-electron chi connectivity index (χ4n) is 3.34. The van der Waals surface area contributed by atoms with Gasteiger partial charge in [-0.1, -0.05) is 85.8 Å². The van der Waals surface area contributed by atoms with E-state index < -0.39 is 6.10 Å². The molecule has 0 radical (unpaired) electrons. The maximum Gasteiger partial charge on any atom is 0.261 e. The minimum Gasteiger partial charge on any atom is -0.481 e. The van der Waals surface area contributed by atoms with Gasteiger partial charge in [-0.25, -0.2) is 0 Å². The first-order valence-corrected chi connectivity index (χ1v) is 9.87. The first-order chi connectivity index (χ1) is 13.8. The van der Waals surface area contributed by atoms with Crippen LogP contribution in [0.3, 0.4) is 0 Å². The SMILES string of the molecule is CC[C@H](Oc1ccccc1)C(=O)NCCC(c1ccccc1)c1ccccc1. The topological polar surface area (TPSA) is 38.3 Å². The number of nitrogens with one attached hydrogen (secondary N) is 1. The van der Waals surface area contributed by atoms with E-state index in [1.165, 1.54) is 11.1 Å². The molecule has 3 rings (SSSR count). The Hall–Kier alpha value is -3.07. The molecule has 28 heavy (non-hydrogen) atoms. The Morgan fingerprint density at radius 2 is 1.32 bits per heavy atom. The molecule has 0 saturated heterocycles. The van der Waals surface area contributed by atoms with E-state index in [1.54, 1.807) is 0 Å². The zero-order chi connectivity index (χ0) is 19.6. The van der Waals surface area contributed by atoms with Gasteiger partial charge in [-0.3, -0.25) is 4.79 Å². The zero-order valence-electron chi connectivity index (χ0n) is 16.3. The predicted molar refractivity (Wildman–Crippen MR) is 114 cm³/mol. The summed E-state index contributed by atoms with van der Waals surface area (Å²) >= 11 is 0. The summed E-state index contributed by atoms with van der Waals surface area (Å²) < 4.78 is 5.84. The van der Waals surface area contributed by atoms with E-state index in [9.17, 15) is 4.79 Å². The van der Waals surface area contributed by atoms with Gasteiger partial charge in [-0.2, -0.15) is 0 Å².